The smallest absolute Gasteiger partial charge is 0.275 e. The van der Waals surface area contributed by atoms with Crippen molar-refractivity contribution in [3.63, 3.8) is 0 Å². The van der Waals surface area contributed by atoms with Crippen LogP contribution in [0, 0.1) is 0 Å². The number of phenols is 3. The molecule has 0 fully saturated rings. The van der Waals surface area contributed by atoms with E-state index in [-0.39, 0.29) is 11.0 Å². The Morgan fingerprint density at radius 3 is 2.18 bits per heavy atom. The topological polar surface area (TPSA) is 160 Å². The van der Waals surface area contributed by atoms with Crippen LogP contribution < -0.4 is 37.9 Å². The van der Waals surface area contributed by atoms with E-state index in [9.17, 15) is 29.7 Å². The molecule has 4 rings (SSSR count). The molecular weight excluding hydrogens is 440 g/mol. The molecule has 0 aliphatic carbocycles. The minimum Gasteiger partial charge on any atom is -0.504 e. The van der Waals surface area contributed by atoms with E-state index in [1.54, 1.807) is 12.1 Å². The zero-order valence-corrected chi connectivity index (χ0v) is 17.4. The molecule has 0 bridgehead atoms. The predicted molar refractivity (Wildman–Crippen MR) is 127 cm³/mol. The molecule has 0 radical (unpaired) electrons. The maximum absolute atomic E-state index is 12.0. The van der Waals surface area contributed by atoms with Crippen LogP contribution in [0.15, 0.2) is 92.3 Å². The standard InChI is InChI=1S/C24H18N4O6/c29-18-11-9-16(21(31)23(18)33)26-25-15-8-4-7-14(13-5-2-1-3-6-13)20(15)28-27-17-10-12-19(30)24(34)22(17)32/h1-12,25,27-28,30,32,34H. The molecule has 6 N–H and O–H groups in total. The van der Waals surface area contributed by atoms with Gasteiger partial charge in [0.05, 0.1) is 17.1 Å². The summed E-state index contributed by atoms with van der Waals surface area (Å²) in [6.45, 7) is 0. The fourth-order valence-corrected chi connectivity index (χ4v) is 3.18. The third-order valence-corrected chi connectivity index (χ3v) is 4.95. The minimum atomic E-state index is -1.16. The Hall–Kier alpha value is -5.12. The number of rotatable bonds is 6. The summed E-state index contributed by atoms with van der Waals surface area (Å²) in [7, 11) is 0. The Labute approximate surface area is 191 Å². The van der Waals surface area contributed by atoms with Gasteiger partial charge in [0.25, 0.3) is 10.9 Å². The summed E-state index contributed by atoms with van der Waals surface area (Å²) in [5.74, 6) is -1.74. The van der Waals surface area contributed by atoms with Gasteiger partial charge >= 0.3 is 0 Å². The first kappa shape index (κ1) is 22.1. The zero-order chi connectivity index (χ0) is 24.2. The number of hydrazine groups is 1. The molecule has 4 aromatic rings. The van der Waals surface area contributed by atoms with Gasteiger partial charge in [0.15, 0.2) is 11.5 Å². The SMILES string of the molecule is O=c1ccc(=NNc2cccc(-c3ccccc3)c2NNc2ccc(O)c(O)c2O)c(=O)c1=O. The fourth-order valence-electron chi connectivity index (χ4n) is 3.18. The quantitative estimate of drug-likeness (QED) is 0.110. The van der Waals surface area contributed by atoms with Crippen LogP contribution >= 0.6 is 0 Å². The molecule has 0 aliphatic heterocycles. The summed E-state index contributed by atoms with van der Waals surface area (Å²) in [6.07, 6.45) is 0. The van der Waals surface area contributed by atoms with E-state index >= 15 is 0 Å². The Balaban J connectivity index is 1.77. The maximum atomic E-state index is 12.0. The van der Waals surface area contributed by atoms with Crippen molar-refractivity contribution in [3.8, 4) is 28.4 Å². The van der Waals surface area contributed by atoms with Crippen LogP contribution in [-0.2, 0) is 0 Å². The molecule has 0 unspecified atom stereocenters. The lowest BCUT2D eigenvalue weighted by molar-refractivity contribution is 0.369. The average Bonchev–Trinajstić information content (AvgIpc) is 2.86. The molecule has 10 nitrogen and oxygen atoms in total. The van der Waals surface area contributed by atoms with Gasteiger partial charge in [-0.1, -0.05) is 42.5 Å². The Bertz CT molecular complexity index is 1580. The maximum Gasteiger partial charge on any atom is 0.275 e. The van der Waals surface area contributed by atoms with E-state index in [1.165, 1.54) is 12.1 Å². The molecule has 10 heteroatoms. The van der Waals surface area contributed by atoms with Crippen molar-refractivity contribution in [3.05, 3.63) is 109 Å². The molecule has 170 valence electrons. The molecule has 0 saturated heterocycles. The molecule has 0 amide bonds. The first-order chi connectivity index (χ1) is 16.4. The number of para-hydroxylation sites is 1. The van der Waals surface area contributed by atoms with Crippen molar-refractivity contribution in [1.82, 2.24) is 0 Å². The van der Waals surface area contributed by atoms with Crippen LogP contribution in [0.25, 0.3) is 11.1 Å². The average molecular weight is 458 g/mol. The van der Waals surface area contributed by atoms with Crippen molar-refractivity contribution in [1.29, 1.82) is 0 Å². The van der Waals surface area contributed by atoms with Crippen LogP contribution in [0.3, 0.4) is 0 Å². The van der Waals surface area contributed by atoms with Crippen molar-refractivity contribution in [2.75, 3.05) is 16.3 Å². The number of benzene rings is 4. The minimum absolute atomic E-state index is 0.0740. The van der Waals surface area contributed by atoms with Gasteiger partial charge in [0, 0.05) is 5.56 Å². The van der Waals surface area contributed by atoms with Gasteiger partial charge in [-0.2, -0.15) is 5.10 Å². The van der Waals surface area contributed by atoms with Gasteiger partial charge < -0.3 is 15.3 Å². The van der Waals surface area contributed by atoms with Crippen molar-refractivity contribution in [2.24, 2.45) is 5.10 Å². The molecule has 0 aromatic heterocycles. The van der Waals surface area contributed by atoms with Crippen molar-refractivity contribution >= 4 is 17.1 Å². The molecule has 4 aromatic carbocycles. The van der Waals surface area contributed by atoms with Crippen molar-refractivity contribution < 1.29 is 15.3 Å². The van der Waals surface area contributed by atoms with Gasteiger partial charge in [0.2, 0.25) is 11.2 Å². The number of anilines is 3. The summed E-state index contributed by atoms with van der Waals surface area (Å²) >= 11 is 0. The second-order valence-electron chi connectivity index (χ2n) is 7.14. The zero-order valence-electron chi connectivity index (χ0n) is 17.4. The highest BCUT2D eigenvalue weighted by Crippen LogP contribution is 2.41. The van der Waals surface area contributed by atoms with E-state index in [4.69, 9.17) is 0 Å². The third kappa shape index (κ3) is 4.28. The summed E-state index contributed by atoms with van der Waals surface area (Å²) in [4.78, 5) is 35.1. The van der Waals surface area contributed by atoms with E-state index in [0.29, 0.717) is 16.9 Å². The number of aromatic hydroxyl groups is 3. The van der Waals surface area contributed by atoms with Crippen LogP contribution in [0.2, 0.25) is 0 Å². The molecule has 34 heavy (non-hydrogen) atoms. The second kappa shape index (κ2) is 9.17. The molecule has 0 saturated carbocycles. The van der Waals surface area contributed by atoms with Gasteiger partial charge in [-0.25, -0.2) is 0 Å². The van der Waals surface area contributed by atoms with E-state index in [2.05, 4.69) is 21.4 Å². The second-order valence-corrected chi connectivity index (χ2v) is 7.14. The molecule has 0 spiro atoms. The lowest BCUT2D eigenvalue weighted by atomic mass is 10.0. The number of hydrogen-bond acceptors (Lipinski definition) is 10. The highest BCUT2D eigenvalue weighted by atomic mass is 16.3. The lowest BCUT2D eigenvalue weighted by Crippen LogP contribution is -2.46. The Morgan fingerprint density at radius 2 is 1.41 bits per heavy atom. The number of nitrogens with one attached hydrogen (secondary N) is 3. The molecular formula is C24H18N4O6. The Kier molecular flexibility index (Phi) is 5.95. The van der Waals surface area contributed by atoms with Crippen LogP contribution in [0.1, 0.15) is 0 Å². The normalized spacial score (nSPS) is 11.2. The first-order valence-corrected chi connectivity index (χ1v) is 9.96. The van der Waals surface area contributed by atoms with Gasteiger partial charge in [-0.3, -0.25) is 30.7 Å². The fraction of sp³-hybridized carbons (Fsp3) is 0. The summed E-state index contributed by atoms with van der Waals surface area (Å²) < 4.78 is 0. The van der Waals surface area contributed by atoms with E-state index < -0.39 is 33.5 Å². The first-order valence-electron chi connectivity index (χ1n) is 9.96. The predicted octanol–water partition coefficient (Wildman–Crippen LogP) is 1.79. The van der Waals surface area contributed by atoms with Crippen LogP contribution in [-0.4, -0.2) is 15.3 Å². The summed E-state index contributed by atoms with van der Waals surface area (Å²) in [6, 6.07) is 19.2. The largest absolute Gasteiger partial charge is 0.504 e. The van der Waals surface area contributed by atoms with Crippen molar-refractivity contribution in [2.45, 2.75) is 0 Å². The number of hydrogen-bond donors (Lipinski definition) is 6. The highest BCUT2D eigenvalue weighted by molar-refractivity contribution is 5.88. The van der Waals surface area contributed by atoms with Crippen LogP contribution in [0.4, 0.5) is 17.1 Å². The van der Waals surface area contributed by atoms with Gasteiger partial charge in [-0.05, 0) is 35.9 Å². The molecule has 0 atom stereocenters. The molecule has 0 aliphatic rings. The van der Waals surface area contributed by atoms with Gasteiger partial charge in [-0.15, -0.1) is 0 Å². The Morgan fingerprint density at radius 1 is 0.647 bits per heavy atom. The van der Waals surface area contributed by atoms with Gasteiger partial charge in [0.1, 0.15) is 5.36 Å². The van der Waals surface area contributed by atoms with Crippen LogP contribution in [0.5, 0.6) is 17.2 Å². The third-order valence-electron chi connectivity index (χ3n) is 4.95. The highest BCUT2D eigenvalue weighted by Gasteiger charge is 2.14. The van der Waals surface area contributed by atoms with E-state index in [0.717, 1.165) is 17.7 Å². The molecule has 0 heterocycles. The lowest BCUT2D eigenvalue weighted by Gasteiger charge is -2.18. The monoisotopic (exact) mass is 458 g/mol. The number of phenolic OH excluding ortho intramolecular Hbond substituents is 3. The van der Waals surface area contributed by atoms with E-state index in [1.807, 2.05) is 36.4 Å². The summed E-state index contributed by atoms with van der Waals surface area (Å²) in [5, 5.41) is 33.2. The number of nitrogens with zero attached hydrogens (tertiary/aromatic N) is 1. The summed E-state index contributed by atoms with van der Waals surface area (Å²) in [5.41, 5.74) is 7.79.